The van der Waals surface area contributed by atoms with Crippen LogP contribution in [0.4, 0.5) is 0 Å². The van der Waals surface area contributed by atoms with Crippen LogP contribution in [0.2, 0.25) is 0 Å². The van der Waals surface area contributed by atoms with Crippen LogP contribution >= 0.6 is 0 Å². The number of pyridine rings is 2. The van der Waals surface area contributed by atoms with E-state index in [0.717, 1.165) is 76.3 Å². The maximum Gasteiger partial charge on any atom is 0.258 e. The maximum atomic E-state index is 13.6. The third kappa shape index (κ3) is 7.57. The number of aliphatic hydroxyl groups excluding tert-OH is 2. The Kier molecular flexibility index (Phi) is 12.1. The van der Waals surface area contributed by atoms with E-state index in [1.165, 1.54) is 38.5 Å². The number of likely N-dealkylation sites (tertiary alicyclic amines) is 4. The van der Waals surface area contributed by atoms with E-state index >= 15 is 0 Å². The van der Waals surface area contributed by atoms with E-state index in [0.29, 0.717) is 36.1 Å². The van der Waals surface area contributed by atoms with Gasteiger partial charge in [0, 0.05) is 112 Å². The topological polar surface area (TPSA) is 132 Å². The Morgan fingerprint density at radius 3 is 1.32 bits per heavy atom. The van der Waals surface area contributed by atoms with Crippen LogP contribution in [-0.4, -0.2) is 115 Å². The summed E-state index contributed by atoms with van der Waals surface area (Å²) in [6.07, 6.45) is 19.1. The number of carbonyl (C=O) groups excluding carboxylic acids is 2. The number of allylic oxidation sites excluding steroid dienone is 2. The molecule has 2 saturated carbocycles. The minimum Gasteiger partial charge on any atom is -0.396 e. The van der Waals surface area contributed by atoms with Crippen LogP contribution < -0.4 is 11.1 Å². The number of hydrogen-bond acceptors (Lipinski definition) is 8. The number of amides is 2. The Hall–Kier alpha value is -3.84. The van der Waals surface area contributed by atoms with Gasteiger partial charge in [0.1, 0.15) is 0 Å². The molecule has 2 N–H and O–H groups in total. The van der Waals surface area contributed by atoms with Crippen molar-refractivity contribution in [2.45, 2.75) is 115 Å². The lowest BCUT2D eigenvalue weighted by atomic mass is 9.88. The van der Waals surface area contributed by atoms with Gasteiger partial charge in [-0.25, -0.2) is 0 Å². The standard InChI is InChI=1S/2C24H33N3O3/c2*1-2-6-17-9-10-20-21-18(14-26(20)23(17)29)19(15-28)22(27(21)13-16-7-8-16)24(30)25-11-4-3-5-12-25/h2*2,6,9-10,16,18-19,21-22,28H,3-5,7-8,11-15H2,1H3/b6-2+;6-2-/t2*18-,19-,21+,22-/m00/s1. The van der Waals surface area contributed by atoms with E-state index < -0.39 is 0 Å². The molecule has 0 aromatic carbocycles. The fourth-order valence-corrected chi connectivity index (χ4v) is 12.0. The second kappa shape index (κ2) is 17.5. The minimum absolute atomic E-state index is 0.00294. The Bertz CT molecular complexity index is 1940. The third-order valence-corrected chi connectivity index (χ3v) is 15.3. The zero-order chi connectivity index (χ0) is 41.7. The number of piperidine rings is 2. The normalized spacial score (nSPS) is 31.3. The average molecular weight is 823 g/mol. The molecule has 324 valence electrons. The van der Waals surface area contributed by atoms with Gasteiger partial charge in [-0.2, -0.15) is 0 Å². The zero-order valence-electron chi connectivity index (χ0n) is 35.7. The molecule has 10 rings (SSSR count). The van der Waals surface area contributed by atoms with Crippen molar-refractivity contribution in [3.8, 4) is 0 Å². The van der Waals surface area contributed by atoms with Gasteiger partial charge in [0.2, 0.25) is 11.8 Å². The summed E-state index contributed by atoms with van der Waals surface area (Å²) in [5, 5.41) is 20.8. The summed E-state index contributed by atoms with van der Waals surface area (Å²) in [4.78, 5) is 62.1. The molecule has 2 aromatic rings. The number of aromatic nitrogens is 2. The average Bonchev–Trinajstić information content (AvgIpc) is 4.15. The minimum atomic E-state index is -0.261. The van der Waals surface area contributed by atoms with Crippen molar-refractivity contribution in [3.05, 3.63) is 79.6 Å². The van der Waals surface area contributed by atoms with Gasteiger partial charge in [-0.15, -0.1) is 0 Å². The summed E-state index contributed by atoms with van der Waals surface area (Å²) in [5.74, 6) is 1.67. The molecule has 0 unspecified atom stereocenters. The van der Waals surface area contributed by atoms with Gasteiger partial charge in [-0.05, 0) is 114 Å². The van der Waals surface area contributed by atoms with Crippen molar-refractivity contribution >= 4 is 24.0 Å². The SMILES string of the molecule is C/C=C/c1ccc2n(c1=O)C[C@H]1[C@H](CO)[C@@H](C(=O)N3CCCCC3)N(CC3CC3)[C@@H]21.C/C=C\c1ccc2n(c1=O)C[C@H]1[C@H](CO)[C@@H](C(=O)N3CCCCC3)N(CC3CC3)[C@@H]21. The van der Waals surface area contributed by atoms with Gasteiger partial charge >= 0.3 is 0 Å². The molecule has 6 fully saturated rings. The highest BCUT2D eigenvalue weighted by Gasteiger charge is 2.58. The highest BCUT2D eigenvalue weighted by Crippen LogP contribution is 2.52. The van der Waals surface area contributed by atoms with Crippen LogP contribution in [0.25, 0.3) is 12.2 Å². The molecule has 4 saturated heterocycles. The maximum absolute atomic E-state index is 13.6. The Morgan fingerprint density at radius 1 is 0.600 bits per heavy atom. The van der Waals surface area contributed by atoms with E-state index in [1.54, 1.807) is 0 Å². The van der Waals surface area contributed by atoms with E-state index in [1.807, 2.05) is 69.2 Å². The molecular formula is C48H66N6O6. The van der Waals surface area contributed by atoms with E-state index in [2.05, 4.69) is 21.9 Å². The highest BCUT2D eigenvalue weighted by molar-refractivity contribution is 5.83. The molecule has 2 amide bonds. The predicted octanol–water partition coefficient (Wildman–Crippen LogP) is 4.54. The Morgan fingerprint density at radius 2 is 0.983 bits per heavy atom. The third-order valence-electron chi connectivity index (χ3n) is 15.3. The number of aliphatic hydroxyl groups is 2. The summed E-state index contributed by atoms with van der Waals surface area (Å²) >= 11 is 0. The second-order valence-electron chi connectivity index (χ2n) is 19.1. The number of fused-ring (bicyclic) bond motifs is 6. The van der Waals surface area contributed by atoms with Crippen molar-refractivity contribution in [3.63, 3.8) is 0 Å². The first-order chi connectivity index (χ1) is 29.3. The molecule has 0 spiro atoms. The van der Waals surface area contributed by atoms with Gasteiger partial charge in [0.15, 0.2) is 0 Å². The van der Waals surface area contributed by atoms with Gasteiger partial charge in [0.05, 0.1) is 24.2 Å². The number of carbonyl (C=O) groups is 2. The van der Waals surface area contributed by atoms with Crippen LogP contribution in [0.3, 0.4) is 0 Å². The van der Waals surface area contributed by atoms with Gasteiger partial charge < -0.3 is 29.1 Å². The van der Waals surface area contributed by atoms with Crippen molar-refractivity contribution < 1.29 is 19.8 Å². The zero-order valence-corrected chi connectivity index (χ0v) is 35.7. The lowest BCUT2D eigenvalue weighted by Gasteiger charge is -2.36. The van der Waals surface area contributed by atoms with Crippen LogP contribution in [0, 0.1) is 35.5 Å². The molecule has 0 radical (unpaired) electrons. The summed E-state index contributed by atoms with van der Waals surface area (Å²) in [6, 6.07) is 7.56. The molecule has 2 aromatic heterocycles. The van der Waals surface area contributed by atoms with Gasteiger partial charge in [0.25, 0.3) is 11.1 Å². The number of nitrogens with zero attached hydrogens (tertiary/aromatic N) is 6. The number of hydrogen-bond donors (Lipinski definition) is 2. The first-order valence-electron chi connectivity index (χ1n) is 23.3. The monoisotopic (exact) mass is 823 g/mol. The lowest BCUT2D eigenvalue weighted by molar-refractivity contribution is -0.140. The Labute approximate surface area is 354 Å². The smallest absolute Gasteiger partial charge is 0.258 e. The first-order valence-corrected chi connectivity index (χ1v) is 23.3. The summed E-state index contributed by atoms with van der Waals surface area (Å²) in [6.45, 7) is 10.2. The Balaban J connectivity index is 0.000000154. The molecule has 8 aliphatic rings. The molecule has 8 atom stereocenters. The van der Waals surface area contributed by atoms with Crippen LogP contribution in [0.15, 0.2) is 46.0 Å². The van der Waals surface area contributed by atoms with Crippen molar-refractivity contribution in [2.75, 3.05) is 52.5 Å². The quantitative estimate of drug-likeness (QED) is 0.358. The summed E-state index contributed by atoms with van der Waals surface area (Å²) < 4.78 is 3.80. The highest BCUT2D eigenvalue weighted by atomic mass is 16.3. The van der Waals surface area contributed by atoms with Crippen LogP contribution in [0.5, 0.6) is 0 Å². The summed E-state index contributed by atoms with van der Waals surface area (Å²) in [7, 11) is 0. The van der Waals surface area contributed by atoms with Crippen LogP contribution in [-0.2, 0) is 22.7 Å². The molecule has 8 heterocycles. The molecule has 12 heteroatoms. The lowest BCUT2D eigenvalue weighted by Crippen LogP contribution is -2.51. The first kappa shape index (κ1) is 41.5. The fraction of sp³-hybridized carbons (Fsp3) is 0.667. The fourth-order valence-electron chi connectivity index (χ4n) is 12.0. The predicted molar refractivity (Wildman–Crippen MR) is 232 cm³/mol. The molecule has 12 nitrogen and oxygen atoms in total. The molecule has 2 aliphatic carbocycles. The largest absolute Gasteiger partial charge is 0.396 e. The van der Waals surface area contributed by atoms with E-state index in [9.17, 15) is 29.4 Å². The van der Waals surface area contributed by atoms with Crippen molar-refractivity contribution in [1.29, 1.82) is 0 Å². The molecule has 60 heavy (non-hydrogen) atoms. The van der Waals surface area contributed by atoms with Gasteiger partial charge in [-0.3, -0.25) is 29.0 Å². The summed E-state index contributed by atoms with van der Waals surface area (Å²) in [5.41, 5.74) is 3.54. The van der Waals surface area contributed by atoms with Crippen molar-refractivity contribution in [1.82, 2.24) is 28.7 Å². The second-order valence-corrected chi connectivity index (χ2v) is 19.1. The van der Waals surface area contributed by atoms with Crippen molar-refractivity contribution in [2.24, 2.45) is 35.5 Å². The van der Waals surface area contributed by atoms with Crippen LogP contribution in [0.1, 0.15) is 113 Å². The number of rotatable bonds is 10. The van der Waals surface area contributed by atoms with E-state index in [-0.39, 0.29) is 84.0 Å². The van der Waals surface area contributed by atoms with E-state index in [4.69, 9.17) is 0 Å². The molecular weight excluding hydrogens is 757 g/mol. The molecule has 6 aliphatic heterocycles. The van der Waals surface area contributed by atoms with Gasteiger partial charge in [-0.1, -0.05) is 24.3 Å². The molecule has 0 bridgehead atoms.